The lowest BCUT2D eigenvalue weighted by Crippen LogP contribution is -2.32. The molecule has 0 fully saturated rings. The van der Waals surface area contributed by atoms with Crippen molar-refractivity contribution < 1.29 is 24.2 Å². The van der Waals surface area contributed by atoms with E-state index in [9.17, 15) is 14.4 Å². The van der Waals surface area contributed by atoms with Gasteiger partial charge in [0.05, 0.1) is 12.0 Å². The van der Waals surface area contributed by atoms with Crippen LogP contribution in [0.5, 0.6) is 5.75 Å². The number of carbonyl (C=O) groups is 3. The van der Waals surface area contributed by atoms with Crippen LogP contribution >= 0.6 is 0 Å². The molecule has 0 saturated heterocycles. The summed E-state index contributed by atoms with van der Waals surface area (Å²) < 4.78 is 5.05. The third-order valence-electron chi connectivity index (χ3n) is 2.94. The second-order valence-electron chi connectivity index (χ2n) is 4.72. The van der Waals surface area contributed by atoms with Crippen LogP contribution < -0.4 is 10.1 Å². The van der Waals surface area contributed by atoms with Gasteiger partial charge in [0.25, 0.3) is 5.91 Å². The van der Waals surface area contributed by atoms with Crippen LogP contribution in [0, 0.1) is 0 Å². The van der Waals surface area contributed by atoms with Crippen LogP contribution in [0.15, 0.2) is 54.6 Å². The van der Waals surface area contributed by atoms with Crippen molar-refractivity contribution in [2.75, 3.05) is 6.61 Å². The number of para-hydroxylation sites is 1. The van der Waals surface area contributed by atoms with Crippen molar-refractivity contribution in [3.8, 4) is 5.75 Å². The number of amides is 2. The first-order chi connectivity index (χ1) is 11.1. The van der Waals surface area contributed by atoms with Crippen LogP contribution in [0.25, 0.3) is 0 Å². The lowest BCUT2D eigenvalue weighted by Gasteiger charge is -2.09. The summed E-state index contributed by atoms with van der Waals surface area (Å²) in [4.78, 5) is 34.6. The lowest BCUT2D eigenvalue weighted by molar-refractivity contribution is -0.139. The molecule has 0 radical (unpaired) electrons. The number of hydrogen-bond acceptors (Lipinski definition) is 4. The fraction of sp³-hybridized carbons (Fsp3) is 0.118. The summed E-state index contributed by atoms with van der Waals surface area (Å²) >= 11 is 0. The van der Waals surface area contributed by atoms with E-state index in [1.54, 1.807) is 36.4 Å². The molecule has 0 saturated carbocycles. The van der Waals surface area contributed by atoms with Gasteiger partial charge in [0.2, 0.25) is 5.91 Å². The zero-order chi connectivity index (χ0) is 16.7. The molecular weight excluding hydrogens is 298 g/mol. The van der Waals surface area contributed by atoms with E-state index in [0.717, 1.165) is 5.56 Å². The summed E-state index contributed by atoms with van der Waals surface area (Å²) in [6.07, 6.45) is 0.0741. The molecular formula is C17H15NO5. The molecule has 0 aliphatic heterocycles. The molecule has 0 heterocycles. The second kappa shape index (κ2) is 7.74. The normalized spacial score (nSPS) is 9.91. The minimum atomic E-state index is -1.15. The smallest absolute Gasteiger partial charge is 0.341 e. The van der Waals surface area contributed by atoms with Crippen molar-refractivity contribution in [1.82, 2.24) is 5.32 Å². The highest BCUT2D eigenvalue weighted by Crippen LogP contribution is 2.17. The van der Waals surface area contributed by atoms with E-state index < -0.39 is 24.4 Å². The summed E-state index contributed by atoms with van der Waals surface area (Å²) in [6.45, 7) is -0.567. The largest absolute Gasteiger partial charge is 0.481 e. The highest BCUT2D eigenvalue weighted by molar-refractivity contribution is 6.06. The van der Waals surface area contributed by atoms with Gasteiger partial charge in [-0.05, 0) is 17.7 Å². The molecule has 0 spiro atoms. The Bertz CT molecular complexity index is 712. The molecule has 6 heteroatoms. The Morgan fingerprint density at radius 1 is 0.957 bits per heavy atom. The van der Waals surface area contributed by atoms with E-state index >= 15 is 0 Å². The zero-order valence-corrected chi connectivity index (χ0v) is 12.2. The third-order valence-corrected chi connectivity index (χ3v) is 2.94. The maximum Gasteiger partial charge on any atom is 0.341 e. The van der Waals surface area contributed by atoms with Gasteiger partial charge in [-0.3, -0.25) is 14.9 Å². The van der Waals surface area contributed by atoms with E-state index in [1.807, 2.05) is 6.07 Å². The molecule has 2 N–H and O–H groups in total. The number of imide groups is 1. The van der Waals surface area contributed by atoms with E-state index in [1.165, 1.54) is 12.1 Å². The summed E-state index contributed by atoms with van der Waals surface area (Å²) in [5.41, 5.74) is 0.892. The molecule has 118 valence electrons. The summed E-state index contributed by atoms with van der Waals surface area (Å²) in [5.74, 6) is -2.12. The Hall–Kier alpha value is -3.15. The van der Waals surface area contributed by atoms with Gasteiger partial charge in [-0.2, -0.15) is 0 Å². The predicted molar refractivity (Wildman–Crippen MR) is 82.2 cm³/mol. The van der Waals surface area contributed by atoms with Crippen molar-refractivity contribution in [1.29, 1.82) is 0 Å². The summed E-state index contributed by atoms with van der Waals surface area (Å²) in [7, 11) is 0. The maximum absolute atomic E-state index is 12.2. The average molecular weight is 313 g/mol. The van der Waals surface area contributed by atoms with E-state index in [0.29, 0.717) is 0 Å². The molecule has 0 aromatic heterocycles. The Balaban J connectivity index is 2.02. The van der Waals surface area contributed by atoms with E-state index in [2.05, 4.69) is 5.32 Å². The Morgan fingerprint density at radius 3 is 2.30 bits per heavy atom. The molecule has 6 nitrogen and oxygen atoms in total. The monoisotopic (exact) mass is 313 g/mol. The fourth-order valence-corrected chi connectivity index (χ4v) is 1.94. The minimum Gasteiger partial charge on any atom is -0.481 e. The van der Waals surface area contributed by atoms with Crippen LogP contribution in [-0.4, -0.2) is 29.5 Å². The first kappa shape index (κ1) is 16.2. The van der Waals surface area contributed by atoms with Gasteiger partial charge in [0.1, 0.15) is 5.75 Å². The van der Waals surface area contributed by atoms with Crippen LogP contribution in [0.2, 0.25) is 0 Å². The Labute approximate surface area is 132 Å². The number of carboxylic acids is 1. The van der Waals surface area contributed by atoms with Gasteiger partial charge in [0, 0.05) is 0 Å². The van der Waals surface area contributed by atoms with Crippen LogP contribution in [0.3, 0.4) is 0 Å². The Kier molecular flexibility index (Phi) is 5.46. The lowest BCUT2D eigenvalue weighted by atomic mass is 10.1. The maximum atomic E-state index is 12.2. The molecule has 0 bridgehead atoms. The number of aliphatic carboxylic acids is 1. The molecule has 2 aromatic rings. The number of hydrogen-bond donors (Lipinski definition) is 2. The molecule has 0 aliphatic rings. The number of ether oxygens (including phenoxy) is 1. The number of benzene rings is 2. The van der Waals surface area contributed by atoms with Crippen molar-refractivity contribution in [2.45, 2.75) is 6.42 Å². The molecule has 0 aliphatic carbocycles. The van der Waals surface area contributed by atoms with Crippen molar-refractivity contribution in [3.05, 3.63) is 65.7 Å². The second-order valence-corrected chi connectivity index (χ2v) is 4.72. The molecule has 23 heavy (non-hydrogen) atoms. The van der Waals surface area contributed by atoms with Gasteiger partial charge in [0.15, 0.2) is 6.61 Å². The molecule has 0 atom stereocenters. The highest BCUT2D eigenvalue weighted by Gasteiger charge is 2.15. The molecule has 0 unspecified atom stereocenters. The molecule has 2 rings (SSSR count). The van der Waals surface area contributed by atoms with E-state index in [-0.39, 0.29) is 17.7 Å². The Morgan fingerprint density at radius 2 is 1.61 bits per heavy atom. The van der Waals surface area contributed by atoms with E-state index in [4.69, 9.17) is 9.84 Å². The summed E-state index contributed by atoms with van der Waals surface area (Å²) in [6, 6.07) is 15.2. The molecule has 2 aromatic carbocycles. The quantitative estimate of drug-likeness (QED) is 0.846. The van der Waals surface area contributed by atoms with Gasteiger partial charge in [-0.15, -0.1) is 0 Å². The standard InChI is InChI=1S/C17H15NO5/c19-15(10-12-6-2-1-3-7-12)18-17(22)13-8-4-5-9-14(13)23-11-16(20)21/h1-9H,10-11H2,(H,20,21)(H,18,19,22). The fourth-order valence-electron chi connectivity index (χ4n) is 1.94. The minimum absolute atomic E-state index is 0.0741. The van der Waals surface area contributed by atoms with Crippen molar-refractivity contribution in [2.24, 2.45) is 0 Å². The predicted octanol–water partition coefficient (Wildman–Crippen LogP) is 1.65. The zero-order valence-electron chi connectivity index (χ0n) is 12.2. The first-order valence-corrected chi connectivity index (χ1v) is 6.88. The first-order valence-electron chi connectivity index (χ1n) is 6.88. The average Bonchev–Trinajstić information content (AvgIpc) is 2.54. The van der Waals surface area contributed by atoms with Gasteiger partial charge >= 0.3 is 5.97 Å². The number of nitrogens with one attached hydrogen (secondary N) is 1. The third kappa shape index (κ3) is 4.96. The van der Waals surface area contributed by atoms with Crippen LogP contribution in [0.1, 0.15) is 15.9 Å². The van der Waals surface area contributed by atoms with Gasteiger partial charge in [-0.1, -0.05) is 42.5 Å². The number of carbonyl (C=O) groups excluding carboxylic acids is 2. The topological polar surface area (TPSA) is 92.7 Å². The number of carboxylic acid groups (broad SMARTS) is 1. The SMILES string of the molecule is O=C(O)COc1ccccc1C(=O)NC(=O)Cc1ccccc1. The summed E-state index contributed by atoms with van der Waals surface area (Å²) in [5, 5.41) is 10.9. The van der Waals surface area contributed by atoms with Crippen molar-refractivity contribution >= 4 is 17.8 Å². The van der Waals surface area contributed by atoms with Gasteiger partial charge < -0.3 is 9.84 Å². The molecule has 2 amide bonds. The number of rotatable bonds is 6. The van der Waals surface area contributed by atoms with Crippen molar-refractivity contribution in [3.63, 3.8) is 0 Å². The van der Waals surface area contributed by atoms with Crippen LogP contribution in [0.4, 0.5) is 0 Å². The highest BCUT2D eigenvalue weighted by atomic mass is 16.5. The van der Waals surface area contributed by atoms with Crippen LogP contribution in [-0.2, 0) is 16.0 Å². The van der Waals surface area contributed by atoms with Gasteiger partial charge in [-0.25, -0.2) is 4.79 Å².